The lowest BCUT2D eigenvalue weighted by molar-refractivity contribution is -0.129. The van der Waals surface area contributed by atoms with Crippen molar-refractivity contribution in [2.24, 2.45) is 0 Å². The van der Waals surface area contributed by atoms with E-state index in [1.165, 1.54) is 11.1 Å². The van der Waals surface area contributed by atoms with E-state index in [1.807, 2.05) is 19.1 Å². The van der Waals surface area contributed by atoms with Crippen molar-refractivity contribution in [2.75, 3.05) is 18.6 Å². The minimum Gasteiger partial charge on any atom is -0.317 e. The van der Waals surface area contributed by atoms with Gasteiger partial charge in [0.05, 0.1) is 12.3 Å². The summed E-state index contributed by atoms with van der Waals surface area (Å²) in [6, 6.07) is 3.66. The van der Waals surface area contributed by atoms with E-state index in [4.69, 9.17) is 0 Å². The number of nitrogens with zero attached hydrogens (tertiary/aromatic N) is 1. The largest absolute Gasteiger partial charge is 0.317 e. The van der Waals surface area contributed by atoms with Gasteiger partial charge in [0.2, 0.25) is 5.91 Å². The molecule has 2 atom stereocenters. The van der Waals surface area contributed by atoms with E-state index >= 15 is 0 Å². The number of amides is 1. The van der Waals surface area contributed by atoms with E-state index in [9.17, 15) is 13.2 Å². The first-order valence-corrected chi connectivity index (χ1v) is 8.94. The molecule has 0 spiro atoms. The molecule has 1 aromatic rings. The summed E-state index contributed by atoms with van der Waals surface area (Å²) in [4.78, 5) is 15.8. The maximum atomic E-state index is 12.0. The van der Waals surface area contributed by atoms with Gasteiger partial charge >= 0.3 is 0 Å². The van der Waals surface area contributed by atoms with Crippen LogP contribution in [0.1, 0.15) is 22.8 Å². The van der Waals surface area contributed by atoms with Gasteiger partial charge in [-0.25, -0.2) is 8.42 Å². The molecule has 5 nitrogen and oxygen atoms in total. The predicted octanol–water partition coefficient (Wildman–Crippen LogP) is 0.920. The number of hydrogen-bond donors (Lipinski definition) is 1. The molecule has 0 bridgehead atoms. The number of rotatable bonds is 4. The first-order valence-electron chi connectivity index (χ1n) is 6.06. The molecule has 0 aromatic carbocycles. The number of nitrogens with one attached hydrogen (secondary N) is 1. The van der Waals surface area contributed by atoms with Crippen molar-refractivity contribution in [1.82, 2.24) is 10.2 Å². The van der Waals surface area contributed by atoms with Crippen LogP contribution in [-0.2, 0) is 14.6 Å². The molecule has 0 saturated carbocycles. The van der Waals surface area contributed by atoms with Crippen molar-refractivity contribution in [3.05, 3.63) is 21.9 Å². The summed E-state index contributed by atoms with van der Waals surface area (Å²) in [6.45, 7) is 4.05. The number of carbonyl (C=O) groups excluding carboxylic acids is 1. The molecule has 2 unspecified atom stereocenters. The van der Waals surface area contributed by atoms with Crippen molar-refractivity contribution < 1.29 is 13.2 Å². The molecule has 1 aliphatic heterocycles. The second kappa shape index (κ2) is 5.22. The highest BCUT2D eigenvalue weighted by molar-refractivity contribution is 7.90. The molecule has 0 aliphatic carbocycles. The van der Waals surface area contributed by atoms with Crippen LogP contribution in [-0.4, -0.2) is 43.8 Å². The molecule has 1 saturated heterocycles. The third-order valence-corrected chi connectivity index (χ3v) is 5.20. The molecule has 1 fully saturated rings. The lowest BCUT2D eigenvalue weighted by atomic mass is 10.2. The summed E-state index contributed by atoms with van der Waals surface area (Å²) in [7, 11) is -3.10. The second-order valence-corrected chi connectivity index (χ2v) is 8.48. The lowest BCUT2D eigenvalue weighted by Crippen LogP contribution is -2.41. The van der Waals surface area contributed by atoms with E-state index in [0.29, 0.717) is 0 Å². The van der Waals surface area contributed by atoms with Crippen LogP contribution in [0.3, 0.4) is 0 Å². The summed E-state index contributed by atoms with van der Waals surface area (Å²) < 4.78 is 22.8. The highest BCUT2D eigenvalue weighted by atomic mass is 32.2. The lowest BCUT2D eigenvalue weighted by Gasteiger charge is -2.29. The summed E-state index contributed by atoms with van der Waals surface area (Å²) in [5, 5.41) is 3.14. The number of carbonyl (C=O) groups is 1. The zero-order chi connectivity index (χ0) is 14.2. The van der Waals surface area contributed by atoms with Crippen molar-refractivity contribution in [1.29, 1.82) is 0 Å². The number of hydrogen-bond acceptors (Lipinski definition) is 5. The van der Waals surface area contributed by atoms with E-state index in [2.05, 4.69) is 5.32 Å². The van der Waals surface area contributed by atoms with Crippen LogP contribution in [0.25, 0.3) is 0 Å². The van der Waals surface area contributed by atoms with Gasteiger partial charge in [-0.2, -0.15) is 0 Å². The Bertz CT molecular complexity index is 580. The third-order valence-electron chi connectivity index (χ3n) is 3.06. The van der Waals surface area contributed by atoms with Crippen molar-refractivity contribution >= 4 is 27.1 Å². The molecule has 1 N–H and O–H groups in total. The second-order valence-electron chi connectivity index (χ2n) is 4.97. The van der Waals surface area contributed by atoms with Crippen LogP contribution >= 0.6 is 11.3 Å². The van der Waals surface area contributed by atoms with Gasteiger partial charge in [-0.3, -0.25) is 10.1 Å². The van der Waals surface area contributed by atoms with E-state index < -0.39 is 9.84 Å². The van der Waals surface area contributed by atoms with Gasteiger partial charge in [-0.15, -0.1) is 11.3 Å². The Hall–Kier alpha value is -0.920. The SMILES string of the molecule is Cc1ccc(C2NCC(=O)N2C(C)CS(C)(=O)=O)s1. The average molecular weight is 302 g/mol. The zero-order valence-corrected chi connectivity index (χ0v) is 12.8. The summed E-state index contributed by atoms with van der Waals surface area (Å²) in [6.07, 6.45) is 0.991. The van der Waals surface area contributed by atoms with Crippen LogP contribution < -0.4 is 5.32 Å². The molecule has 1 amide bonds. The standard InChI is InChI=1S/C12H18N2O3S2/c1-8(7-19(3,16)17)14-11(15)6-13-12(14)10-5-4-9(2)18-10/h4-5,8,12-13H,6-7H2,1-3H3. The van der Waals surface area contributed by atoms with E-state index in [-0.39, 0.29) is 30.4 Å². The number of thiophene rings is 1. The molecule has 2 rings (SSSR count). The quantitative estimate of drug-likeness (QED) is 0.898. The Balaban J connectivity index is 2.23. The van der Waals surface area contributed by atoms with Crippen molar-refractivity contribution in [2.45, 2.75) is 26.1 Å². The molecule has 1 aliphatic rings. The first-order chi connectivity index (χ1) is 8.78. The minimum atomic E-state index is -3.10. The molecular formula is C12H18N2O3S2. The maximum Gasteiger partial charge on any atom is 0.238 e. The molecular weight excluding hydrogens is 284 g/mol. The number of aryl methyl sites for hydroxylation is 1. The third kappa shape index (κ3) is 3.34. The fourth-order valence-electron chi connectivity index (χ4n) is 2.37. The van der Waals surface area contributed by atoms with E-state index in [1.54, 1.807) is 23.2 Å². The Labute approximate surface area is 117 Å². The van der Waals surface area contributed by atoms with Gasteiger partial charge in [0.25, 0.3) is 0 Å². The predicted molar refractivity (Wildman–Crippen MR) is 75.8 cm³/mol. The summed E-state index contributed by atoms with van der Waals surface area (Å²) >= 11 is 1.62. The van der Waals surface area contributed by atoms with Crippen LogP contribution in [0.4, 0.5) is 0 Å². The van der Waals surface area contributed by atoms with Gasteiger partial charge in [-0.1, -0.05) is 0 Å². The maximum absolute atomic E-state index is 12.0. The highest BCUT2D eigenvalue weighted by Crippen LogP contribution is 2.30. The van der Waals surface area contributed by atoms with Crippen molar-refractivity contribution in [3.8, 4) is 0 Å². The van der Waals surface area contributed by atoms with Crippen LogP contribution in [0.5, 0.6) is 0 Å². The molecule has 106 valence electrons. The molecule has 7 heteroatoms. The topological polar surface area (TPSA) is 66.5 Å². The first kappa shape index (κ1) is 14.5. The van der Waals surface area contributed by atoms with Gasteiger partial charge < -0.3 is 4.90 Å². The van der Waals surface area contributed by atoms with Crippen molar-refractivity contribution in [3.63, 3.8) is 0 Å². The van der Waals surface area contributed by atoms with Crippen LogP contribution in [0.15, 0.2) is 12.1 Å². The fraction of sp³-hybridized carbons (Fsp3) is 0.583. The summed E-state index contributed by atoms with van der Waals surface area (Å²) in [5.74, 6) is -0.0615. The molecule has 1 aromatic heterocycles. The Kier molecular flexibility index (Phi) is 3.98. The van der Waals surface area contributed by atoms with Crippen LogP contribution in [0.2, 0.25) is 0 Å². The monoisotopic (exact) mass is 302 g/mol. The van der Waals surface area contributed by atoms with Gasteiger partial charge in [0.15, 0.2) is 0 Å². The molecule has 0 radical (unpaired) electrons. The van der Waals surface area contributed by atoms with Gasteiger partial charge in [-0.05, 0) is 26.0 Å². The number of sulfone groups is 1. The fourth-order valence-corrected chi connectivity index (χ4v) is 4.36. The van der Waals surface area contributed by atoms with Crippen LogP contribution in [0, 0.1) is 6.92 Å². The summed E-state index contributed by atoms with van der Waals surface area (Å²) in [5.41, 5.74) is 0. The minimum absolute atomic E-state index is 0.0126. The highest BCUT2D eigenvalue weighted by Gasteiger charge is 2.36. The van der Waals surface area contributed by atoms with Gasteiger partial charge in [0, 0.05) is 22.1 Å². The zero-order valence-electron chi connectivity index (χ0n) is 11.2. The van der Waals surface area contributed by atoms with E-state index in [0.717, 1.165) is 4.88 Å². The Morgan fingerprint density at radius 2 is 2.21 bits per heavy atom. The molecule has 2 heterocycles. The Morgan fingerprint density at radius 1 is 1.53 bits per heavy atom. The normalized spacial score (nSPS) is 21.9. The Morgan fingerprint density at radius 3 is 2.74 bits per heavy atom. The van der Waals surface area contributed by atoms with Gasteiger partial charge in [0.1, 0.15) is 16.0 Å². The molecule has 19 heavy (non-hydrogen) atoms. The average Bonchev–Trinajstić information content (AvgIpc) is 2.81. The smallest absolute Gasteiger partial charge is 0.238 e.